The van der Waals surface area contributed by atoms with Gasteiger partial charge >= 0.3 is 5.97 Å². The van der Waals surface area contributed by atoms with Crippen LogP contribution in [0.2, 0.25) is 5.02 Å². The van der Waals surface area contributed by atoms with Crippen LogP contribution in [0.15, 0.2) is 42.6 Å². The Bertz CT molecular complexity index is 637. The van der Waals surface area contributed by atoms with Gasteiger partial charge in [-0.25, -0.2) is 4.79 Å². The van der Waals surface area contributed by atoms with Crippen LogP contribution in [0, 0.1) is 0 Å². The molecule has 1 aromatic heterocycles. The first-order valence-corrected chi connectivity index (χ1v) is 6.68. The van der Waals surface area contributed by atoms with E-state index in [4.69, 9.17) is 16.3 Å². The molecule has 0 spiro atoms. The average molecular weight is 307 g/mol. The molecule has 0 aliphatic heterocycles. The van der Waals surface area contributed by atoms with Crippen LogP contribution in [0.4, 0.5) is 0 Å². The maximum absolute atomic E-state index is 12.2. The molecule has 0 saturated heterocycles. The van der Waals surface area contributed by atoms with Crippen molar-refractivity contribution in [2.24, 2.45) is 0 Å². The maximum Gasteiger partial charge on any atom is 0.355 e. The van der Waals surface area contributed by atoms with E-state index in [0.29, 0.717) is 10.6 Å². The van der Waals surface area contributed by atoms with Crippen LogP contribution >= 0.6 is 11.6 Å². The average Bonchev–Trinajstić information content (AvgIpc) is 2.91. The molecule has 5 nitrogen and oxygen atoms in total. The summed E-state index contributed by atoms with van der Waals surface area (Å²) < 4.78 is 5.34. The number of hydrogen-bond donors (Lipinski definition) is 1. The molecule has 1 atom stereocenters. The van der Waals surface area contributed by atoms with Crippen LogP contribution in [0.5, 0.6) is 0 Å². The number of aromatic amines is 1. The van der Waals surface area contributed by atoms with E-state index >= 15 is 0 Å². The van der Waals surface area contributed by atoms with Gasteiger partial charge in [-0.3, -0.25) is 4.79 Å². The predicted molar refractivity (Wildman–Crippen MR) is 79.1 cm³/mol. The molecule has 1 unspecified atom stereocenters. The standard InChI is InChI=1S/C15H15ClN2O3/c1-18(2)14(19)13(10-6-4-3-5-7-10)21-15(20)12-8-11(16)9-17-12/h3-9,13,17H,1-2H3. The van der Waals surface area contributed by atoms with E-state index < -0.39 is 12.1 Å². The highest BCUT2D eigenvalue weighted by Crippen LogP contribution is 2.21. The van der Waals surface area contributed by atoms with Crippen molar-refractivity contribution < 1.29 is 14.3 Å². The molecule has 110 valence electrons. The number of halogens is 1. The van der Waals surface area contributed by atoms with Crippen molar-refractivity contribution in [3.8, 4) is 0 Å². The van der Waals surface area contributed by atoms with E-state index in [0.717, 1.165) is 0 Å². The zero-order valence-electron chi connectivity index (χ0n) is 11.7. The summed E-state index contributed by atoms with van der Waals surface area (Å²) in [4.78, 5) is 28.4. The second-order valence-corrected chi connectivity index (χ2v) is 5.10. The van der Waals surface area contributed by atoms with E-state index in [9.17, 15) is 9.59 Å². The third kappa shape index (κ3) is 3.64. The van der Waals surface area contributed by atoms with Gasteiger partial charge < -0.3 is 14.6 Å². The number of benzene rings is 1. The number of nitrogens with one attached hydrogen (secondary N) is 1. The predicted octanol–water partition coefficient (Wildman–Crippen LogP) is 2.65. The zero-order chi connectivity index (χ0) is 15.4. The Hall–Kier alpha value is -2.27. The summed E-state index contributed by atoms with van der Waals surface area (Å²) in [5, 5.41) is 0.400. The lowest BCUT2D eigenvalue weighted by atomic mass is 10.1. The minimum Gasteiger partial charge on any atom is -0.443 e. The molecule has 6 heteroatoms. The maximum atomic E-state index is 12.2. The molecular weight excluding hydrogens is 292 g/mol. The molecule has 0 bridgehead atoms. The Kier molecular flexibility index (Phi) is 4.65. The van der Waals surface area contributed by atoms with Crippen LogP contribution in [0.3, 0.4) is 0 Å². The minimum atomic E-state index is -0.990. The van der Waals surface area contributed by atoms with Gasteiger partial charge in [0.25, 0.3) is 5.91 Å². The first-order valence-electron chi connectivity index (χ1n) is 6.30. The molecule has 0 fully saturated rings. The Morgan fingerprint density at radius 1 is 1.24 bits per heavy atom. The molecule has 1 amide bonds. The van der Waals surface area contributed by atoms with Gasteiger partial charge in [0.1, 0.15) is 5.69 Å². The van der Waals surface area contributed by atoms with Gasteiger partial charge in [-0.1, -0.05) is 41.9 Å². The summed E-state index contributed by atoms with van der Waals surface area (Å²) in [6.45, 7) is 0. The third-order valence-electron chi connectivity index (χ3n) is 2.86. The fourth-order valence-electron chi connectivity index (χ4n) is 1.78. The number of ether oxygens (including phenoxy) is 1. The smallest absolute Gasteiger partial charge is 0.355 e. The monoisotopic (exact) mass is 306 g/mol. The fourth-order valence-corrected chi connectivity index (χ4v) is 1.94. The Balaban J connectivity index is 2.24. The summed E-state index contributed by atoms with van der Waals surface area (Å²) in [5.41, 5.74) is 0.815. The molecule has 2 rings (SSSR count). The molecule has 2 aromatic rings. The van der Waals surface area contributed by atoms with Gasteiger partial charge in [0, 0.05) is 25.9 Å². The summed E-state index contributed by atoms with van der Waals surface area (Å²) >= 11 is 5.76. The van der Waals surface area contributed by atoms with Crippen molar-refractivity contribution in [3.63, 3.8) is 0 Å². The Morgan fingerprint density at radius 3 is 2.43 bits per heavy atom. The SMILES string of the molecule is CN(C)C(=O)C(OC(=O)c1cc(Cl)c[nH]1)c1ccccc1. The van der Waals surface area contributed by atoms with Gasteiger partial charge in [-0.2, -0.15) is 0 Å². The number of esters is 1. The lowest BCUT2D eigenvalue weighted by molar-refractivity contribution is -0.138. The molecule has 21 heavy (non-hydrogen) atoms. The first-order chi connectivity index (χ1) is 9.99. The van der Waals surface area contributed by atoms with Crippen molar-refractivity contribution in [2.45, 2.75) is 6.10 Å². The fraction of sp³-hybridized carbons (Fsp3) is 0.200. The lowest BCUT2D eigenvalue weighted by Gasteiger charge is -2.20. The summed E-state index contributed by atoms with van der Waals surface area (Å²) in [5.74, 6) is -0.946. The number of nitrogens with zero attached hydrogens (tertiary/aromatic N) is 1. The van der Waals surface area contributed by atoms with Crippen molar-refractivity contribution in [1.82, 2.24) is 9.88 Å². The number of amides is 1. The van der Waals surface area contributed by atoms with E-state index in [1.165, 1.54) is 17.2 Å². The van der Waals surface area contributed by atoms with Crippen LogP contribution in [-0.4, -0.2) is 35.9 Å². The zero-order valence-corrected chi connectivity index (χ0v) is 12.4. The van der Waals surface area contributed by atoms with E-state index in [1.54, 1.807) is 38.4 Å². The van der Waals surface area contributed by atoms with E-state index in [2.05, 4.69) is 4.98 Å². The second kappa shape index (κ2) is 6.45. The van der Waals surface area contributed by atoms with E-state index in [-0.39, 0.29) is 11.6 Å². The highest BCUT2D eigenvalue weighted by Gasteiger charge is 2.27. The van der Waals surface area contributed by atoms with Gasteiger partial charge in [-0.05, 0) is 6.07 Å². The van der Waals surface area contributed by atoms with Crippen molar-refractivity contribution in [1.29, 1.82) is 0 Å². The van der Waals surface area contributed by atoms with Gasteiger partial charge in [0.05, 0.1) is 5.02 Å². The number of carbonyl (C=O) groups excluding carboxylic acids is 2. The van der Waals surface area contributed by atoms with Crippen LogP contribution in [-0.2, 0) is 9.53 Å². The summed E-state index contributed by atoms with van der Waals surface area (Å²) in [6, 6.07) is 10.3. The molecule has 0 aliphatic carbocycles. The third-order valence-corrected chi connectivity index (χ3v) is 3.08. The second-order valence-electron chi connectivity index (χ2n) is 4.66. The highest BCUT2D eigenvalue weighted by molar-refractivity contribution is 6.30. The molecule has 1 N–H and O–H groups in total. The van der Waals surface area contributed by atoms with Gasteiger partial charge in [0.15, 0.2) is 0 Å². The number of rotatable bonds is 4. The van der Waals surface area contributed by atoms with E-state index in [1.807, 2.05) is 6.07 Å². The summed E-state index contributed by atoms with van der Waals surface area (Å²) in [6.07, 6.45) is 0.486. The quantitative estimate of drug-likeness (QED) is 0.883. The van der Waals surface area contributed by atoms with Crippen LogP contribution in [0.1, 0.15) is 22.2 Å². The van der Waals surface area contributed by atoms with Crippen molar-refractivity contribution >= 4 is 23.5 Å². The molecule has 0 aliphatic rings. The highest BCUT2D eigenvalue weighted by atomic mass is 35.5. The number of H-pyrrole nitrogens is 1. The largest absolute Gasteiger partial charge is 0.443 e. The number of carbonyl (C=O) groups is 2. The Labute approximate surface area is 127 Å². The van der Waals surface area contributed by atoms with Crippen molar-refractivity contribution in [3.05, 3.63) is 58.9 Å². The lowest BCUT2D eigenvalue weighted by Crippen LogP contribution is -2.31. The summed E-state index contributed by atoms with van der Waals surface area (Å²) in [7, 11) is 3.22. The molecular formula is C15H15ClN2O3. The molecule has 0 radical (unpaired) electrons. The van der Waals surface area contributed by atoms with Crippen molar-refractivity contribution in [2.75, 3.05) is 14.1 Å². The molecule has 0 saturated carbocycles. The topological polar surface area (TPSA) is 62.4 Å². The van der Waals surface area contributed by atoms with Crippen LogP contribution < -0.4 is 0 Å². The normalized spacial score (nSPS) is 11.8. The molecule has 1 aromatic carbocycles. The van der Waals surface area contributed by atoms with Crippen LogP contribution in [0.25, 0.3) is 0 Å². The van der Waals surface area contributed by atoms with Gasteiger partial charge in [-0.15, -0.1) is 0 Å². The van der Waals surface area contributed by atoms with Gasteiger partial charge in [0.2, 0.25) is 6.10 Å². The number of aromatic nitrogens is 1. The molecule has 1 heterocycles. The minimum absolute atomic E-state index is 0.201. The first kappa shape index (κ1) is 15.1. The Morgan fingerprint density at radius 2 is 1.90 bits per heavy atom. The number of hydrogen-bond acceptors (Lipinski definition) is 3. The number of likely N-dealkylation sites (N-methyl/N-ethyl adjacent to an activating group) is 1.